The van der Waals surface area contributed by atoms with Crippen LogP contribution in [0.15, 0.2) is 4.79 Å². The summed E-state index contributed by atoms with van der Waals surface area (Å²) in [4.78, 5) is 28.6. The van der Waals surface area contributed by atoms with E-state index in [1.54, 1.807) is 11.7 Å². The Morgan fingerprint density at radius 2 is 2.12 bits per heavy atom. The van der Waals surface area contributed by atoms with Crippen LogP contribution in [0, 0.1) is 13.8 Å². The molecule has 1 aliphatic carbocycles. The van der Waals surface area contributed by atoms with Gasteiger partial charge in [-0.05, 0) is 50.7 Å². The molecule has 0 spiro atoms. The van der Waals surface area contributed by atoms with Crippen molar-refractivity contribution < 1.29 is 9.90 Å². The average Bonchev–Trinajstić information content (AvgIpc) is 2.77. The van der Waals surface area contributed by atoms with Gasteiger partial charge < -0.3 is 10.4 Å². The third-order valence-corrected chi connectivity index (χ3v) is 5.08. The molecule has 0 unspecified atom stereocenters. The van der Waals surface area contributed by atoms with Gasteiger partial charge in [0.15, 0.2) is 5.65 Å². The van der Waals surface area contributed by atoms with Gasteiger partial charge in [0.25, 0.3) is 5.56 Å². The number of nitrogens with one attached hydrogen (secondary N) is 2. The lowest BCUT2D eigenvalue weighted by atomic mass is 9.80. The zero-order valence-corrected chi connectivity index (χ0v) is 14.4. The van der Waals surface area contributed by atoms with Crippen LogP contribution in [0.1, 0.15) is 42.5 Å². The molecule has 0 saturated heterocycles. The van der Waals surface area contributed by atoms with E-state index in [0.29, 0.717) is 30.4 Å². The molecule has 0 bridgehead atoms. The van der Waals surface area contributed by atoms with Gasteiger partial charge in [-0.15, -0.1) is 0 Å². The van der Waals surface area contributed by atoms with Gasteiger partial charge in [-0.1, -0.05) is 0 Å². The monoisotopic (exact) mass is 332 g/mol. The Hall–Kier alpha value is -2.15. The van der Waals surface area contributed by atoms with Crippen molar-refractivity contribution in [2.24, 2.45) is 7.05 Å². The van der Waals surface area contributed by atoms with Crippen molar-refractivity contribution in [2.75, 3.05) is 6.54 Å². The summed E-state index contributed by atoms with van der Waals surface area (Å²) < 4.78 is 1.62. The standard InChI is InChI=1S/C17H24N4O3/c1-10-12(5-6-13(22)18-9-17(24)7-4-8-17)11(2)19-15-14(10)16(23)20-21(15)3/h24H,4-9H2,1-3H3,(H,18,22)(H,20,23). The number of pyridine rings is 1. The molecule has 7 nitrogen and oxygen atoms in total. The summed E-state index contributed by atoms with van der Waals surface area (Å²) >= 11 is 0. The van der Waals surface area contributed by atoms with Gasteiger partial charge in [0.2, 0.25) is 5.91 Å². The summed E-state index contributed by atoms with van der Waals surface area (Å²) in [5.74, 6) is -0.0869. The highest BCUT2D eigenvalue weighted by molar-refractivity contribution is 5.81. The minimum atomic E-state index is -0.709. The van der Waals surface area contributed by atoms with Crippen molar-refractivity contribution in [3.05, 3.63) is 27.2 Å². The summed E-state index contributed by atoms with van der Waals surface area (Å²) in [6.07, 6.45) is 3.36. The highest BCUT2D eigenvalue weighted by Crippen LogP contribution is 2.30. The summed E-state index contributed by atoms with van der Waals surface area (Å²) in [6, 6.07) is 0. The van der Waals surface area contributed by atoms with Gasteiger partial charge in [-0.2, -0.15) is 0 Å². The Morgan fingerprint density at radius 1 is 1.42 bits per heavy atom. The van der Waals surface area contributed by atoms with Crippen LogP contribution in [0.3, 0.4) is 0 Å². The third-order valence-electron chi connectivity index (χ3n) is 5.08. The number of fused-ring (bicyclic) bond motifs is 1. The summed E-state index contributed by atoms with van der Waals surface area (Å²) in [5, 5.41) is 16.1. The number of carbonyl (C=O) groups excluding carboxylic acids is 1. The van der Waals surface area contributed by atoms with Gasteiger partial charge in [0.1, 0.15) is 0 Å². The lowest BCUT2D eigenvalue weighted by molar-refractivity contribution is -0.123. The van der Waals surface area contributed by atoms with Crippen LogP contribution in [-0.4, -0.2) is 37.9 Å². The zero-order chi connectivity index (χ0) is 17.5. The quantitative estimate of drug-likeness (QED) is 0.755. The fraction of sp³-hybridized carbons (Fsp3) is 0.588. The van der Waals surface area contributed by atoms with Gasteiger partial charge in [0.05, 0.1) is 11.0 Å². The first-order valence-corrected chi connectivity index (χ1v) is 8.34. The molecule has 3 rings (SSSR count). The smallest absolute Gasteiger partial charge is 0.273 e. The first-order valence-electron chi connectivity index (χ1n) is 8.34. The highest BCUT2D eigenvalue weighted by Gasteiger charge is 2.34. The van der Waals surface area contributed by atoms with Gasteiger partial charge in [0, 0.05) is 25.7 Å². The second-order valence-electron chi connectivity index (χ2n) is 6.85. The maximum atomic E-state index is 12.1. The van der Waals surface area contributed by atoms with Crippen molar-refractivity contribution in [1.29, 1.82) is 0 Å². The number of aromatic amines is 1. The minimum absolute atomic E-state index is 0.0869. The van der Waals surface area contributed by atoms with E-state index in [-0.39, 0.29) is 11.5 Å². The van der Waals surface area contributed by atoms with E-state index >= 15 is 0 Å². The van der Waals surface area contributed by atoms with Crippen molar-refractivity contribution >= 4 is 16.9 Å². The Balaban J connectivity index is 1.72. The molecule has 130 valence electrons. The molecule has 2 aromatic rings. The first-order chi connectivity index (χ1) is 11.3. The molecule has 0 aromatic carbocycles. The van der Waals surface area contributed by atoms with E-state index in [2.05, 4.69) is 15.4 Å². The van der Waals surface area contributed by atoms with E-state index in [1.165, 1.54) is 0 Å². The normalized spacial score (nSPS) is 16.2. The number of hydrogen-bond acceptors (Lipinski definition) is 4. The molecule has 1 fully saturated rings. The van der Waals surface area contributed by atoms with E-state index < -0.39 is 5.60 Å². The van der Waals surface area contributed by atoms with Crippen LogP contribution in [-0.2, 0) is 18.3 Å². The van der Waals surface area contributed by atoms with E-state index in [9.17, 15) is 14.7 Å². The number of amides is 1. The number of hydrogen-bond donors (Lipinski definition) is 3. The maximum Gasteiger partial charge on any atom is 0.273 e. The number of rotatable bonds is 5. The summed E-state index contributed by atoms with van der Waals surface area (Å²) in [7, 11) is 1.76. The Kier molecular flexibility index (Phi) is 4.21. The van der Waals surface area contributed by atoms with Crippen LogP contribution in [0.2, 0.25) is 0 Å². The van der Waals surface area contributed by atoms with E-state index in [4.69, 9.17) is 0 Å². The first kappa shape index (κ1) is 16.7. The molecule has 7 heteroatoms. The van der Waals surface area contributed by atoms with Crippen molar-refractivity contribution in [3.8, 4) is 0 Å². The predicted octanol–water partition coefficient (Wildman–Crippen LogP) is 0.842. The fourth-order valence-corrected chi connectivity index (χ4v) is 3.37. The Morgan fingerprint density at radius 3 is 2.75 bits per heavy atom. The average molecular weight is 332 g/mol. The molecule has 24 heavy (non-hydrogen) atoms. The SMILES string of the molecule is Cc1nc2c(c(C)c1CCC(=O)NCC1(O)CCC1)c(=O)[nH]n2C. The van der Waals surface area contributed by atoms with E-state index in [1.807, 2.05) is 13.8 Å². The van der Waals surface area contributed by atoms with Gasteiger partial charge in [-0.3, -0.25) is 19.4 Å². The zero-order valence-electron chi connectivity index (χ0n) is 14.4. The molecule has 0 aliphatic heterocycles. The lowest BCUT2D eigenvalue weighted by Gasteiger charge is -2.36. The van der Waals surface area contributed by atoms with Crippen LogP contribution in [0.25, 0.3) is 11.0 Å². The van der Waals surface area contributed by atoms with Gasteiger partial charge >= 0.3 is 0 Å². The molecule has 0 atom stereocenters. The fourth-order valence-electron chi connectivity index (χ4n) is 3.37. The van der Waals surface area contributed by atoms with Gasteiger partial charge in [-0.25, -0.2) is 4.98 Å². The van der Waals surface area contributed by atoms with Crippen molar-refractivity contribution in [1.82, 2.24) is 20.1 Å². The second kappa shape index (κ2) is 6.05. The Bertz CT molecular complexity index is 846. The molecule has 3 N–H and O–H groups in total. The number of aliphatic hydroxyl groups is 1. The topological polar surface area (TPSA) is 100 Å². The molecule has 1 amide bonds. The molecule has 1 saturated carbocycles. The molecule has 2 aromatic heterocycles. The molecule has 0 radical (unpaired) electrons. The van der Waals surface area contributed by atoms with Crippen LogP contribution >= 0.6 is 0 Å². The number of aryl methyl sites for hydroxylation is 3. The lowest BCUT2D eigenvalue weighted by Crippen LogP contribution is -2.47. The van der Waals surface area contributed by atoms with Crippen molar-refractivity contribution in [3.63, 3.8) is 0 Å². The second-order valence-corrected chi connectivity index (χ2v) is 6.85. The molecule has 1 aliphatic rings. The largest absolute Gasteiger partial charge is 0.388 e. The molecular weight excluding hydrogens is 308 g/mol. The number of aromatic nitrogens is 3. The summed E-state index contributed by atoms with van der Waals surface area (Å²) in [5.41, 5.74) is 2.42. The maximum absolute atomic E-state index is 12.1. The number of H-pyrrole nitrogens is 1. The minimum Gasteiger partial charge on any atom is -0.388 e. The molecule has 2 heterocycles. The van der Waals surface area contributed by atoms with Crippen LogP contribution in [0.5, 0.6) is 0 Å². The highest BCUT2D eigenvalue weighted by atomic mass is 16.3. The predicted molar refractivity (Wildman–Crippen MR) is 90.9 cm³/mol. The van der Waals surface area contributed by atoms with Crippen molar-refractivity contribution in [2.45, 2.75) is 51.6 Å². The summed E-state index contributed by atoms with van der Waals surface area (Å²) in [6.45, 7) is 4.12. The number of nitrogens with zero attached hydrogens (tertiary/aromatic N) is 2. The third kappa shape index (κ3) is 2.96. The molecular formula is C17H24N4O3. The van der Waals surface area contributed by atoms with Crippen LogP contribution in [0.4, 0.5) is 0 Å². The van der Waals surface area contributed by atoms with E-state index in [0.717, 1.165) is 36.1 Å². The Labute approximate surface area is 140 Å². The van der Waals surface area contributed by atoms with Crippen LogP contribution < -0.4 is 10.9 Å². The number of carbonyl (C=O) groups is 1.